The Kier molecular flexibility index (Phi) is 6.60. The molecular weight excluding hydrogens is 428 g/mol. The molecule has 33 heavy (non-hydrogen) atoms. The van der Waals surface area contributed by atoms with Crippen LogP contribution in [0.1, 0.15) is 24.0 Å². The molecule has 3 heterocycles. The molecule has 1 aliphatic heterocycles. The van der Waals surface area contributed by atoms with Gasteiger partial charge in [0.05, 0.1) is 11.1 Å². The average molecular weight is 459 g/mol. The van der Waals surface area contributed by atoms with Gasteiger partial charge >= 0.3 is 0 Å². The van der Waals surface area contributed by atoms with Crippen molar-refractivity contribution in [2.75, 3.05) is 30.8 Å². The fourth-order valence-corrected chi connectivity index (χ4v) is 4.90. The third kappa shape index (κ3) is 5.04. The van der Waals surface area contributed by atoms with Gasteiger partial charge in [0.25, 0.3) is 0 Å². The second-order valence-corrected chi connectivity index (χ2v) is 9.66. The van der Waals surface area contributed by atoms with Gasteiger partial charge in [0, 0.05) is 30.7 Å². The Hall–Kier alpha value is -2.90. The van der Waals surface area contributed by atoms with Gasteiger partial charge in [0.15, 0.2) is 5.65 Å². The standard InChI is InChI=1S/C26H30N6S/c1-19-5-9-22(10-6-19)32-17-24-25(30-32)28-18-29-26(24)31-13-3-4-21(16-31)15-27-14-20-7-11-23(33-2)12-8-20/h5-12,17-18,21,27H,3-4,13-16H2,1-2H3. The van der Waals surface area contributed by atoms with Gasteiger partial charge in [-0.2, -0.15) is 0 Å². The molecule has 1 aliphatic rings. The molecule has 2 aromatic heterocycles. The predicted molar refractivity (Wildman–Crippen MR) is 136 cm³/mol. The molecule has 4 aromatic rings. The molecule has 0 radical (unpaired) electrons. The van der Waals surface area contributed by atoms with Crippen molar-refractivity contribution in [3.05, 3.63) is 72.2 Å². The molecular formula is C26H30N6S. The number of nitrogens with one attached hydrogen (secondary N) is 1. The largest absolute Gasteiger partial charge is 0.356 e. The van der Waals surface area contributed by atoms with E-state index in [9.17, 15) is 0 Å². The van der Waals surface area contributed by atoms with Crippen molar-refractivity contribution >= 4 is 28.6 Å². The van der Waals surface area contributed by atoms with E-state index in [4.69, 9.17) is 5.10 Å². The minimum Gasteiger partial charge on any atom is -0.356 e. The molecule has 1 atom stereocenters. The number of hydrogen-bond acceptors (Lipinski definition) is 6. The number of fused-ring (bicyclic) bond motifs is 1. The molecule has 1 unspecified atom stereocenters. The van der Waals surface area contributed by atoms with Crippen LogP contribution in [0, 0.1) is 12.8 Å². The first-order valence-electron chi connectivity index (χ1n) is 11.6. The number of thioether (sulfide) groups is 1. The molecule has 0 amide bonds. The van der Waals surface area contributed by atoms with E-state index in [0.717, 1.165) is 48.7 Å². The zero-order valence-corrected chi connectivity index (χ0v) is 20.1. The fraction of sp³-hybridized carbons (Fsp3) is 0.346. The Morgan fingerprint density at radius 1 is 1.06 bits per heavy atom. The molecule has 1 fully saturated rings. The molecule has 5 rings (SSSR count). The van der Waals surface area contributed by atoms with E-state index in [1.54, 1.807) is 18.1 Å². The summed E-state index contributed by atoms with van der Waals surface area (Å²) in [7, 11) is 0. The first-order valence-corrected chi connectivity index (χ1v) is 12.8. The summed E-state index contributed by atoms with van der Waals surface area (Å²) in [5, 5.41) is 9.39. The molecule has 0 saturated carbocycles. The van der Waals surface area contributed by atoms with Crippen LogP contribution in [0.3, 0.4) is 0 Å². The molecule has 1 saturated heterocycles. The molecule has 1 N–H and O–H groups in total. The van der Waals surface area contributed by atoms with Crippen LogP contribution in [-0.4, -0.2) is 45.6 Å². The van der Waals surface area contributed by atoms with Crippen molar-refractivity contribution in [3.8, 4) is 5.69 Å². The van der Waals surface area contributed by atoms with Crippen LogP contribution in [0.4, 0.5) is 5.82 Å². The zero-order chi connectivity index (χ0) is 22.6. The lowest BCUT2D eigenvalue weighted by molar-refractivity contribution is 0.390. The topological polar surface area (TPSA) is 58.9 Å². The summed E-state index contributed by atoms with van der Waals surface area (Å²) in [5.41, 5.74) is 4.35. The molecule has 170 valence electrons. The quantitative estimate of drug-likeness (QED) is 0.400. The Bertz CT molecular complexity index is 1200. The number of piperidine rings is 1. The summed E-state index contributed by atoms with van der Waals surface area (Å²) >= 11 is 1.78. The third-order valence-electron chi connectivity index (χ3n) is 6.33. The van der Waals surface area contributed by atoms with Gasteiger partial charge in [-0.15, -0.1) is 16.9 Å². The number of aryl methyl sites for hydroxylation is 1. The summed E-state index contributed by atoms with van der Waals surface area (Å²) in [6.45, 7) is 6.04. The lowest BCUT2D eigenvalue weighted by Gasteiger charge is -2.34. The highest BCUT2D eigenvalue weighted by atomic mass is 32.2. The molecule has 0 spiro atoms. The summed E-state index contributed by atoms with van der Waals surface area (Å²) in [6.07, 6.45) is 8.23. The number of aromatic nitrogens is 4. The smallest absolute Gasteiger partial charge is 0.186 e. The molecule has 7 heteroatoms. The van der Waals surface area contributed by atoms with Crippen LogP contribution in [0.25, 0.3) is 16.7 Å². The van der Waals surface area contributed by atoms with Crippen molar-refractivity contribution in [2.45, 2.75) is 31.2 Å². The maximum Gasteiger partial charge on any atom is 0.186 e. The summed E-state index contributed by atoms with van der Waals surface area (Å²) < 4.78 is 1.91. The zero-order valence-electron chi connectivity index (χ0n) is 19.2. The predicted octanol–water partition coefficient (Wildman–Crippen LogP) is 4.85. The maximum atomic E-state index is 4.71. The second kappa shape index (κ2) is 9.93. The number of nitrogens with zero attached hydrogens (tertiary/aromatic N) is 5. The highest BCUT2D eigenvalue weighted by molar-refractivity contribution is 7.98. The van der Waals surface area contributed by atoms with E-state index in [2.05, 4.69) is 88.1 Å². The van der Waals surface area contributed by atoms with Crippen LogP contribution in [0.5, 0.6) is 0 Å². The van der Waals surface area contributed by atoms with Crippen LogP contribution in [0.2, 0.25) is 0 Å². The van der Waals surface area contributed by atoms with Crippen molar-refractivity contribution in [1.82, 2.24) is 25.1 Å². The van der Waals surface area contributed by atoms with E-state index >= 15 is 0 Å². The highest BCUT2D eigenvalue weighted by Gasteiger charge is 2.23. The molecule has 6 nitrogen and oxygen atoms in total. The first-order chi connectivity index (χ1) is 16.2. The molecule has 2 aromatic carbocycles. The van der Waals surface area contributed by atoms with Gasteiger partial charge in [-0.25, -0.2) is 14.6 Å². The van der Waals surface area contributed by atoms with Crippen LogP contribution < -0.4 is 10.2 Å². The SMILES string of the molecule is CSc1ccc(CNCC2CCCN(c3ncnc4nn(-c5ccc(C)cc5)cc34)C2)cc1. The van der Waals surface area contributed by atoms with E-state index in [-0.39, 0.29) is 0 Å². The summed E-state index contributed by atoms with van der Waals surface area (Å²) in [6, 6.07) is 17.2. The maximum absolute atomic E-state index is 4.71. The van der Waals surface area contributed by atoms with E-state index < -0.39 is 0 Å². The molecule has 0 aliphatic carbocycles. The van der Waals surface area contributed by atoms with Crippen molar-refractivity contribution in [2.24, 2.45) is 5.92 Å². The normalized spacial score (nSPS) is 16.4. The average Bonchev–Trinajstić information content (AvgIpc) is 3.30. The van der Waals surface area contributed by atoms with Gasteiger partial charge in [0.2, 0.25) is 0 Å². The van der Waals surface area contributed by atoms with Crippen LogP contribution in [-0.2, 0) is 6.54 Å². The van der Waals surface area contributed by atoms with E-state index in [1.807, 2.05) is 4.68 Å². The monoisotopic (exact) mass is 458 g/mol. The lowest BCUT2D eigenvalue weighted by Crippen LogP contribution is -2.40. The summed E-state index contributed by atoms with van der Waals surface area (Å²) in [4.78, 5) is 12.8. The fourth-order valence-electron chi connectivity index (χ4n) is 4.50. The van der Waals surface area contributed by atoms with Crippen LogP contribution in [0.15, 0.2) is 66.0 Å². The second-order valence-electron chi connectivity index (χ2n) is 8.78. The molecule has 0 bridgehead atoms. The summed E-state index contributed by atoms with van der Waals surface area (Å²) in [5.74, 6) is 1.59. The minimum absolute atomic E-state index is 0.598. The van der Waals surface area contributed by atoms with E-state index in [0.29, 0.717) is 5.92 Å². The van der Waals surface area contributed by atoms with Crippen molar-refractivity contribution in [1.29, 1.82) is 0 Å². The lowest BCUT2D eigenvalue weighted by atomic mass is 9.97. The van der Waals surface area contributed by atoms with Crippen molar-refractivity contribution in [3.63, 3.8) is 0 Å². The Morgan fingerprint density at radius 2 is 1.88 bits per heavy atom. The number of benzene rings is 2. The van der Waals surface area contributed by atoms with Gasteiger partial charge in [-0.05, 0) is 68.3 Å². The first kappa shape index (κ1) is 21.9. The Balaban J connectivity index is 1.26. The number of hydrogen-bond donors (Lipinski definition) is 1. The Labute approximate surface area is 199 Å². The van der Waals surface area contributed by atoms with Crippen molar-refractivity contribution < 1.29 is 0 Å². The van der Waals surface area contributed by atoms with Crippen LogP contribution >= 0.6 is 11.8 Å². The van der Waals surface area contributed by atoms with Gasteiger partial charge < -0.3 is 10.2 Å². The minimum atomic E-state index is 0.598. The third-order valence-corrected chi connectivity index (χ3v) is 7.08. The van der Waals surface area contributed by atoms with Gasteiger partial charge in [-0.3, -0.25) is 0 Å². The number of rotatable bonds is 7. The Morgan fingerprint density at radius 3 is 2.67 bits per heavy atom. The van der Waals surface area contributed by atoms with Gasteiger partial charge in [-0.1, -0.05) is 29.8 Å². The number of anilines is 1. The highest BCUT2D eigenvalue weighted by Crippen LogP contribution is 2.28. The van der Waals surface area contributed by atoms with Gasteiger partial charge in [0.1, 0.15) is 12.1 Å². The van der Waals surface area contributed by atoms with E-state index in [1.165, 1.54) is 28.9 Å².